The number of nitrogens with one attached hydrogen (secondary N) is 3. The number of hydrogen-bond donors (Lipinski definition) is 3. The monoisotopic (exact) mass is 457 g/mol. The number of para-hydroxylation sites is 1. The second-order valence-corrected chi connectivity index (χ2v) is 10.6. The molecule has 7 heteroatoms. The molecule has 3 atom stereocenters. The van der Waals surface area contributed by atoms with Crippen molar-refractivity contribution in [2.45, 2.75) is 57.2 Å². The lowest BCUT2D eigenvalue weighted by Gasteiger charge is -2.43. The minimum atomic E-state index is -0.571. The molecule has 0 saturated carbocycles. The van der Waals surface area contributed by atoms with E-state index in [1.165, 1.54) is 0 Å². The fraction of sp³-hybridized carbons (Fsp3) is 0.370. The lowest BCUT2D eigenvalue weighted by Crippen LogP contribution is -2.59. The Morgan fingerprint density at radius 2 is 1.88 bits per heavy atom. The molecule has 1 aromatic carbocycles. The first-order valence-corrected chi connectivity index (χ1v) is 11.6. The van der Waals surface area contributed by atoms with Gasteiger partial charge >= 0.3 is 0 Å². The van der Waals surface area contributed by atoms with Crippen LogP contribution in [-0.2, 0) is 20.4 Å². The van der Waals surface area contributed by atoms with Gasteiger partial charge in [0.1, 0.15) is 17.9 Å². The summed E-state index contributed by atoms with van der Waals surface area (Å²) in [6, 6.07) is 7.54. The van der Waals surface area contributed by atoms with Gasteiger partial charge in [-0.15, -0.1) is 13.2 Å². The van der Waals surface area contributed by atoms with Gasteiger partial charge in [-0.1, -0.05) is 58.0 Å². The average Bonchev–Trinajstić information content (AvgIpc) is 3.49. The van der Waals surface area contributed by atoms with Gasteiger partial charge in [-0.25, -0.2) is 4.98 Å². The van der Waals surface area contributed by atoms with Crippen LogP contribution in [0.25, 0.3) is 6.08 Å². The maximum atomic E-state index is 13.9. The van der Waals surface area contributed by atoms with Crippen LogP contribution >= 0.6 is 0 Å². The number of aromatic nitrogens is 2. The van der Waals surface area contributed by atoms with Crippen LogP contribution in [0.15, 0.2) is 61.6 Å². The molecule has 1 aromatic heterocycles. The van der Waals surface area contributed by atoms with Gasteiger partial charge in [0.05, 0.1) is 17.7 Å². The van der Waals surface area contributed by atoms with Crippen LogP contribution in [0.1, 0.15) is 51.1 Å². The van der Waals surface area contributed by atoms with E-state index >= 15 is 0 Å². The van der Waals surface area contributed by atoms with Crippen LogP contribution in [-0.4, -0.2) is 38.9 Å². The van der Waals surface area contributed by atoms with Crippen LogP contribution in [0.2, 0.25) is 0 Å². The molecule has 2 aromatic rings. The smallest absolute Gasteiger partial charge is 0.272 e. The summed E-state index contributed by atoms with van der Waals surface area (Å²) in [5, 5.41) is 6.44. The van der Waals surface area contributed by atoms with Crippen molar-refractivity contribution in [1.29, 1.82) is 0 Å². The number of nitrogens with zero attached hydrogens (tertiary/aromatic N) is 2. The summed E-state index contributed by atoms with van der Waals surface area (Å²) >= 11 is 0. The third-order valence-corrected chi connectivity index (χ3v) is 8.09. The summed E-state index contributed by atoms with van der Waals surface area (Å²) in [5.74, 6) is -0.402. The zero-order valence-corrected chi connectivity index (χ0v) is 20.1. The van der Waals surface area contributed by atoms with E-state index in [-0.39, 0.29) is 34.5 Å². The molecule has 4 heterocycles. The molecule has 7 nitrogen and oxygen atoms in total. The number of allylic oxidation sites excluding steroid dienone is 2. The first-order chi connectivity index (χ1) is 16.1. The van der Waals surface area contributed by atoms with Crippen LogP contribution in [0.5, 0.6) is 0 Å². The topological polar surface area (TPSA) is 90.1 Å². The van der Waals surface area contributed by atoms with Crippen molar-refractivity contribution in [3.05, 3.63) is 78.6 Å². The minimum Gasteiger partial charge on any atom is -0.364 e. The Balaban J connectivity index is 1.61. The highest BCUT2D eigenvalue weighted by Gasteiger charge is 2.66. The van der Waals surface area contributed by atoms with Gasteiger partial charge in [-0.3, -0.25) is 9.59 Å². The molecular weight excluding hydrogens is 426 g/mol. The molecule has 2 saturated heterocycles. The van der Waals surface area contributed by atoms with E-state index in [2.05, 4.69) is 53.7 Å². The second-order valence-electron chi connectivity index (χ2n) is 10.6. The van der Waals surface area contributed by atoms with Crippen LogP contribution in [0.3, 0.4) is 0 Å². The SMILES string of the molecule is C=CC(C)(C)c1[nH]cnc1/C=C1/NC(=O)[C@@H]2C[C@]3(C(C)(C)C=C)c4ccccc4N[C@@H]3N2C1=O. The molecule has 0 bridgehead atoms. The number of anilines is 1. The third kappa shape index (κ3) is 2.79. The number of H-pyrrole nitrogens is 1. The molecule has 3 aliphatic heterocycles. The fourth-order valence-electron chi connectivity index (χ4n) is 5.83. The maximum absolute atomic E-state index is 13.9. The third-order valence-electron chi connectivity index (χ3n) is 8.09. The highest BCUT2D eigenvalue weighted by Crippen LogP contribution is 2.60. The van der Waals surface area contributed by atoms with Gasteiger partial charge in [0.2, 0.25) is 5.91 Å². The number of rotatable bonds is 5. The number of hydrogen-bond acceptors (Lipinski definition) is 4. The summed E-state index contributed by atoms with van der Waals surface area (Å²) in [4.78, 5) is 36.5. The first kappa shape index (κ1) is 22.2. The molecule has 5 rings (SSSR count). The van der Waals surface area contributed by atoms with E-state index in [4.69, 9.17) is 0 Å². The fourth-order valence-corrected chi connectivity index (χ4v) is 5.83. The molecule has 34 heavy (non-hydrogen) atoms. The van der Waals surface area contributed by atoms with Gasteiger partial charge in [0, 0.05) is 16.5 Å². The van der Waals surface area contributed by atoms with Crippen molar-refractivity contribution < 1.29 is 9.59 Å². The molecule has 0 spiro atoms. The largest absolute Gasteiger partial charge is 0.364 e. The number of aromatic amines is 1. The highest BCUT2D eigenvalue weighted by atomic mass is 16.2. The number of amides is 2. The summed E-state index contributed by atoms with van der Waals surface area (Å²) in [6.45, 7) is 16.3. The van der Waals surface area contributed by atoms with Crippen molar-refractivity contribution in [2.24, 2.45) is 5.41 Å². The quantitative estimate of drug-likeness (QED) is 0.470. The van der Waals surface area contributed by atoms with Crippen molar-refractivity contribution in [1.82, 2.24) is 20.2 Å². The maximum Gasteiger partial charge on any atom is 0.272 e. The Hall–Kier alpha value is -3.61. The predicted octanol–water partition coefficient (Wildman–Crippen LogP) is 3.85. The second kappa shape index (κ2) is 7.19. The van der Waals surface area contributed by atoms with E-state index in [9.17, 15) is 9.59 Å². The van der Waals surface area contributed by atoms with Crippen LogP contribution in [0, 0.1) is 5.41 Å². The van der Waals surface area contributed by atoms with E-state index in [0.717, 1.165) is 16.9 Å². The van der Waals surface area contributed by atoms with Crippen LogP contribution < -0.4 is 10.6 Å². The molecule has 176 valence electrons. The molecule has 3 N–H and O–H groups in total. The summed E-state index contributed by atoms with van der Waals surface area (Å²) < 4.78 is 0. The molecule has 0 radical (unpaired) electrons. The lowest BCUT2D eigenvalue weighted by atomic mass is 9.60. The molecule has 0 unspecified atom stereocenters. The molecular formula is C27H31N5O2. The van der Waals surface area contributed by atoms with Crippen molar-refractivity contribution >= 4 is 23.6 Å². The molecule has 3 aliphatic rings. The number of imidazole rings is 1. The number of benzene rings is 1. The summed E-state index contributed by atoms with van der Waals surface area (Å²) in [5.41, 5.74) is 2.53. The number of carbonyl (C=O) groups is 2. The number of fused-ring (bicyclic) bond motifs is 5. The van der Waals surface area contributed by atoms with E-state index < -0.39 is 11.5 Å². The lowest BCUT2D eigenvalue weighted by molar-refractivity contribution is -0.141. The van der Waals surface area contributed by atoms with Gasteiger partial charge in [-0.05, 0) is 29.5 Å². The Morgan fingerprint density at radius 3 is 2.59 bits per heavy atom. The normalized spacial score (nSPS) is 27.1. The number of carbonyl (C=O) groups excluding carboxylic acids is 2. The zero-order chi connectivity index (χ0) is 24.5. The molecule has 0 aliphatic carbocycles. The van der Waals surface area contributed by atoms with Crippen molar-refractivity contribution in [3.8, 4) is 0 Å². The van der Waals surface area contributed by atoms with Crippen molar-refractivity contribution in [3.63, 3.8) is 0 Å². The Morgan fingerprint density at radius 1 is 1.15 bits per heavy atom. The minimum absolute atomic E-state index is 0.182. The Labute approximate surface area is 200 Å². The van der Waals surface area contributed by atoms with E-state index in [1.807, 2.05) is 44.2 Å². The summed E-state index contributed by atoms with van der Waals surface area (Å²) in [7, 11) is 0. The average molecular weight is 458 g/mol. The Kier molecular flexibility index (Phi) is 4.70. The number of piperazine rings is 1. The van der Waals surface area contributed by atoms with Gasteiger partial charge in [-0.2, -0.15) is 0 Å². The van der Waals surface area contributed by atoms with Gasteiger partial charge < -0.3 is 20.5 Å². The van der Waals surface area contributed by atoms with Gasteiger partial charge in [0.15, 0.2) is 0 Å². The van der Waals surface area contributed by atoms with Crippen LogP contribution in [0.4, 0.5) is 5.69 Å². The Bertz CT molecular complexity index is 1250. The zero-order valence-electron chi connectivity index (χ0n) is 20.1. The first-order valence-electron chi connectivity index (χ1n) is 11.6. The van der Waals surface area contributed by atoms with Gasteiger partial charge in [0.25, 0.3) is 5.91 Å². The van der Waals surface area contributed by atoms with E-state index in [0.29, 0.717) is 12.1 Å². The van der Waals surface area contributed by atoms with E-state index in [1.54, 1.807) is 17.3 Å². The molecule has 2 amide bonds. The molecule has 2 fully saturated rings. The predicted molar refractivity (Wildman–Crippen MR) is 133 cm³/mol. The standard InChI is InChI=1S/C27H31N5O2/c1-7-25(3,4)21-18(28-15-29-21)13-19-23(34)32-20(22(33)30-19)14-27(26(5,6)8-2)16-11-9-10-12-17(16)31-24(27)32/h7-13,15,20,24,31H,1-2,14H2,3-6H3,(H,28,29)(H,30,33)/b19-13+/t20-,24+,27-/m0/s1. The van der Waals surface area contributed by atoms with Crippen molar-refractivity contribution in [2.75, 3.05) is 5.32 Å². The summed E-state index contributed by atoms with van der Waals surface area (Å²) in [6.07, 6.45) is 7.17. The highest BCUT2D eigenvalue weighted by molar-refractivity contribution is 6.08.